The Balaban J connectivity index is 2.96. The van der Waals surface area contributed by atoms with Crippen molar-refractivity contribution in [2.75, 3.05) is 12.4 Å². The fourth-order valence-electron chi connectivity index (χ4n) is 1.79. The Morgan fingerprint density at radius 1 is 1.67 bits per heavy atom. The minimum atomic E-state index is -0.829. The summed E-state index contributed by atoms with van der Waals surface area (Å²) in [5.74, 6) is 0.156. The van der Waals surface area contributed by atoms with Crippen LogP contribution in [0.3, 0.4) is 0 Å². The van der Waals surface area contributed by atoms with E-state index in [0.717, 1.165) is 6.42 Å². The summed E-state index contributed by atoms with van der Waals surface area (Å²) in [6.07, 6.45) is 2.99. The molecule has 1 aromatic heterocycles. The predicted octanol–water partition coefficient (Wildman–Crippen LogP) is 2.10. The van der Waals surface area contributed by atoms with Crippen molar-refractivity contribution in [2.45, 2.75) is 32.2 Å². The van der Waals surface area contributed by atoms with Crippen molar-refractivity contribution >= 4 is 11.8 Å². The largest absolute Gasteiger partial charge is 0.467 e. The van der Waals surface area contributed by atoms with Gasteiger partial charge in [-0.1, -0.05) is 13.3 Å². The van der Waals surface area contributed by atoms with Gasteiger partial charge in [0.1, 0.15) is 11.4 Å². The molecule has 0 aliphatic carbocycles. The van der Waals surface area contributed by atoms with Gasteiger partial charge in [0.2, 0.25) is 0 Å². The Labute approximate surface area is 107 Å². The molecule has 0 saturated carbocycles. The topological polar surface area (TPSA) is 75.0 Å². The molecule has 0 radical (unpaired) electrons. The summed E-state index contributed by atoms with van der Waals surface area (Å²) < 4.78 is 4.80. The van der Waals surface area contributed by atoms with Crippen molar-refractivity contribution in [1.29, 1.82) is 5.26 Å². The highest BCUT2D eigenvalue weighted by atomic mass is 16.5. The van der Waals surface area contributed by atoms with Gasteiger partial charge in [-0.05, 0) is 25.5 Å². The molecule has 0 amide bonds. The van der Waals surface area contributed by atoms with Gasteiger partial charge in [-0.3, -0.25) is 0 Å². The number of ether oxygens (including phenoxy) is 1. The van der Waals surface area contributed by atoms with Crippen molar-refractivity contribution in [3.05, 3.63) is 23.9 Å². The number of nitrogens with one attached hydrogen (secondary N) is 1. The number of nitrogens with zero attached hydrogens (tertiary/aromatic N) is 2. The smallest absolute Gasteiger partial charge is 0.331 e. The maximum Gasteiger partial charge on any atom is 0.331 e. The van der Waals surface area contributed by atoms with E-state index >= 15 is 0 Å². The Hall–Kier alpha value is -2.09. The maximum absolute atomic E-state index is 11.8. The number of pyridine rings is 1. The second-order valence-electron chi connectivity index (χ2n) is 4.24. The zero-order valence-corrected chi connectivity index (χ0v) is 10.9. The average Bonchev–Trinajstić information content (AvgIpc) is 2.38. The van der Waals surface area contributed by atoms with Gasteiger partial charge < -0.3 is 10.1 Å². The zero-order chi connectivity index (χ0) is 13.6. The lowest BCUT2D eigenvalue weighted by Gasteiger charge is -2.28. The monoisotopic (exact) mass is 247 g/mol. The third kappa shape index (κ3) is 3.20. The highest BCUT2D eigenvalue weighted by Crippen LogP contribution is 2.20. The molecule has 1 atom stereocenters. The normalized spacial score (nSPS) is 13.2. The van der Waals surface area contributed by atoms with E-state index < -0.39 is 5.54 Å². The second kappa shape index (κ2) is 6.01. The molecule has 0 aliphatic rings. The van der Waals surface area contributed by atoms with Crippen LogP contribution in [0.15, 0.2) is 18.3 Å². The quantitative estimate of drug-likeness (QED) is 0.806. The number of aromatic nitrogens is 1. The van der Waals surface area contributed by atoms with Gasteiger partial charge >= 0.3 is 5.97 Å². The van der Waals surface area contributed by atoms with Crippen LogP contribution in [0, 0.1) is 11.3 Å². The van der Waals surface area contributed by atoms with Gasteiger partial charge in [0.05, 0.1) is 18.7 Å². The average molecular weight is 247 g/mol. The number of nitriles is 1. The van der Waals surface area contributed by atoms with Crippen molar-refractivity contribution < 1.29 is 9.53 Å². The molecule has 0 fully saturated rings. The number of carbonyl (C=O) groups is 1. The summed E-state index contributed by atoms with van der Waals surface area (Å²) in [4.78, 5) is 15.9. The van der Waals surface area contributed by atoms with Gasteiger partial charge in [-0.25, -0.2) is 9.78 Å². The molecule has 1 N–H and O–H groups in total. The first-order valence-corrected chi connectivity index (χ1v) is 5.78. The zero-order valence-electron chi connectivity index (χ0n) is 10.9. The van der Waals surface area contributed by atoms with Crippen LogP contribution in [0.5, 0.6) is 0 Å². The van der Waals surface area contributed by atoms with Crippen molar-refractivity contribution in [1.82, 2.24) is 4.98 Å². The van der Waals surface area contributed by atoms with E-state index in [4.69, 9.17) is 10.00 Å². The molecule has 1 unspecified atom stereocenters. The van der Waals surface area contributed by atoms with Crippen molar-refractivity contribution in [2.24, 2.45) is 0 Å². The van der Waals surface area contributed by atoms with Crippen LogP contribution in [-0.2, 0) is 9.53 Å². The predicted molar refractivity (Wildman–Crippen MR) is 67.9 cm³/mol. The van der Waals surface area contributed by atoms with Gasteiger partial charge in [0, 0.05) is 6.20 Å². The number of hydrogen-bond donors (Lipinski definition) is 1. The van der Waals surface area contributed by atoms with Crippen LogP contribution in [0.1, 0.15) is 32.3 Å². The standard InChI is InChI=1S/C13H17N3O2/c1-4-6-13(2,12(17)18-3)16-11-8-10(9-14)5-7-15-11/h5,7-8H,4,6H2,1-3H3,(H,15,16). The fourth-order valence-corrected chi connectivity index (χ4v) is 1.79. The summed E-state index contributed by atoms with van der Waals surface area (Å²) >= 11 is 0. The molecule has 0 spiro atoms. The molecule has 0 saturated heterocycles. The van der Waals surface area contributed by atoms with Gasteiger partial charge in [-0.15, -0.1) is 0 Å². The lowest BCUT2D eigenvalue weighted by atomic mass is 9.96. The molecular formula is C13H17N3O2. The number of hydrogen-bond acceptors (Lipinski definition) is 5. The molecule has 1 heterocycles. The molecule has 0 bridgehead atoms. The summed E-state index contributed by atoms with van der Waals surface area (Å²) in [6, 6.07) is 5.25. The summed E-state index contributed by atoms with van der Waals surface area (Å²) in [7, 11) is 1.36. The van der Waals surface area contributed by atoms with E-state index in [2.05, 4.69) is 10.3 Å². The maximum atomic E-state index is 11.8. The lowest BCUT2D eigenvalue weighted by molar-refractivity contribution is -0.145. The van der Waals surface area contributed by atoms with Crippen LogP contribution < -0.4 is 5.32 Å². The molecule has 0 aromatic carbocycles. The molecule has 96 valence electrons. The second-order valence-corrected chi connectivity index (χ2v) is 4.24. The molecule has 18 heavy (non-hydrogen) atoms. The highest BCUT2D eigenvalue weighted by molar-refractivity contribution is 5.83. The van der Waals surface area contributed by atoms with E-state index in [-0.39, 0.29) is 5.97 Å². The molecule has 5 heteroatoms. The first kappa shape index (κ1) is 14.0. The van der Waals surface area contributed by atoms with E-state index in [9.17, 15) is 4.79 Å². The number of methoxy groups -OCH3 is 1. The minimum absolute atomic E-state index is 0.339. The van der Waals surface area contributed by atoms with Crippen molar-refractivity contribution in [3.63, 3.8) is 0 Å². The van der Waals surface area contributed by atoms with E-state index in [1.54, 1.807) is 19.1 Å². The lowest BCUT2D eigenvalue weighted by Crippen LogP contribution is -2.44. The van der Waals surface area contributed by atoms with Crippen LogP contribution in [0.2, 0.25) is 0 Å². The molecule has 1 aromatic rings. The summed E-state index contributed by atoms with van der Waals surface area (Å²) in [5.41, 5.74) is -0.332. The van der Waals surface area contributed by atoms with E-state index in [0.29, 0.717) is 17.8 Å². The van der Waals surface area contributed by atoms with Crippen LogP contribution in [-0.4, -0.2) is 23.6 Å². The first-order chi connectivity index (χ1) is 8.55. The fraction of sp³-hybridized carbons (Fsp3) is 0.462. The third-order valence-corrected chi connectivity index (χ3v) is 2.68. The highest BCUT2D eigenvalue weighted by Gasteiger charge is 2.33. The molecule has 5 nitrogen and oxygen atoms in total. The molecular weight excluding hydrogens is 230 g/mol. The van der Waals surface area contributed by atoms with Gasteiger partial charge in [0.15, 0.2) is 0 Å². The number of esters is 1. The Bertz CT molecular complexity index is 468. The van der Waals surface area contributed by atoms with Crippen LogP contribution in [0.25, 0.3) is 0 Å². The minimum Gasteiger partial charge on any atom is -0.467 e. The number of anilines is 1. The Morgan fingerprint density at radius 3 is 2.94 bits per heavy atom. The number of rotatable bonds is 5. The Morgan fingerprint density at radius 2 is 2.39 bits per heavy atom. The Kier molecular flexibility index (Phi) is 4.67. The summed E-state index contributed by atoms with van der Waals surface area (Å²) in [6.45, 7) is 3.76. The first-order valence-electron chi connectivity index (χ1n) is 5.78. The van der Waals surface area contributed by atoms with Crippen LogP contribution >= 0.6 is 0 Å². The van der Waals surface area contributed by atoms with E-state index in [1.165, 1.54) is 13.3 Å². The van der Waals surface area contributed by atoms with E-state index in [1.807, 2.05) is 13.0 Å². The van der Waals surface area contributed by atoms with Crippen LogP contribution in [0.4, 0.5) is 5.82 Å². The SMILES string of the molecule is CCCC(C)(Nc1cc(C#N)ccn1)C(=O)OC. The van der Waals surface area contributed by atoms with Gasteiger partial charge in [-0.2, -0.15) is 5.26 Å². The molecule has 1 rings (SSSR count). The van der Waals surface area contributed by atoms with Crippen molar-refractivity contribution in [3.8, 4) is 6.07 Å². The third-order valence-electron chi connectivity index (χ3n) is 2.68. The van der Waals surface area contributed by atoms with Gasteiger partial charge in [0.25, 0.3) is 0 Å². The molecule has 0 aliphatic heterocycles. The number of carbonyl (C=O) groups excluding carboxylic acids is 1. The summed E-state index contributed by atoms with van der Waals surface area (Å²) in [5, 5.41) is 11.9.